The summed E-state index contributed by atoms with van der Waals surface area (Å²) in [4.78, 5) is 23.1. The fourth-order valence-corrected chi connectivity index (χ4v) is 4.94. The van der Waals surface area contributed by atoms with E-state index in [2.05, 4.69) is 10.6 Å². The van der Waals surface area contributed by atoms with Gasteiger partial charge >= 0.3 is 13.6 Å². The van der Waals surface area contributed by atoms with Crippen molar-refractivity contribution in [2.24, 2.45) is 0 Å². The van der Waals surface area contributed by atoms with Gasteiger partial charge in [-0.2, -0.15) is 0 Å². The number of imide groups is 1. The van der Waals surface area contributed by atoms with Gasteiger partial charge < -0.3 is 14.4 Å². The maximum atomic E-state index is 12.7. The van der Waals surface area contributed by atoms with Crippen molar-refractivity contribution >= 4 is 19.5 Å². The summed E-state index contributed by atoms with van der Waals surface area (Å²) in [6, 6.07) is -0.492. The minimum absolute atomic E-state index is 0.291. The highest BCUT2D eigenvalue weighted by Crippen LogP contribution is 2.60. The molecule has 0 aromatic carbocycles. The van der Waals surface area contributed by atoms with Crippen molar-refractivity contribution < 1.29 is 23.2 Å². The molecule has 108 valence electrons. The first-order valence-corrected chi connectivity index (χ1v) is 8.09. The second kappa shape index (κ2) is 5.23. The third kappa shape index (κ3) is 2.55. The molecule has 1 heterocycles. The first-order valence-electron chi connectivity index (χ1n) is 6.48. The van der Waals surface area contributed by atoms with Crippen LogP contribution in [0.3, 0.4) is 0 Å². The van der Waals surface area contributed by atoms with Gasteiger partial charge in [0.15, 0.2) is 0 Å². The van der Waals surface area contributed by atoms with Crippen LogP contribution in [0.4, 0.5) is 4.79 Å². The molecule has 8 heteroatoms. The number of urea groups is 1. The van der Waals surface area contributed by atoms with E-state index >= 15 is 0 Å². The SMILES string of the molecule is CCOP(=O)(OCC)C1CCC2(C1)NC(=O)NC2=O. The van der Waals surface area contributed by atoms with E-state index in [0.717, 1.165) is 0 Å². The van der Waals surface area contributed by atoms with Crippen LogP contribution in [0.2, 0.25) is 0 Å². The van der Waals surface area contributed by atoms with Crippen LogP contribution in [0.15, 0.2) is 0 Å². The molecule has 1 spiro atoms. The van der Waals surface area contributed by atoms with Gasteiger partial charge in [-0.25, -0.2) is 4.79 Å². The number of amides is 3. The van der Waals surface area contributed by atoms with Crippen molar-refractivity contribution in [1.82, 2.24) is 10.6 Å². The van der Waals surface area contributed by atoms with Gasteiger partial charge in [0, 0.05) is 0 Å². The van der Waals surface area contributed by atoms with E-state index in [9.17, 15) is 14.2 Å². The highest BCUT2D eigenvalue weighted by Gasteiger charge is 2.55. The molecule has 2 aliphatic rings. The van der Waals surface area contributed by atoms with Crippen LogP contribution in [0.1, 0.15) is 33.1 Å². The zero-order valence-electron chi connectivity index (χ0n) is 11.1. The molecule has 2 atom stereocenters. The van der Waals surface area contributed by atoms with Crippen molar-refractivity contribution in [1.29, 1.82) is 0 Å². The molecule has 19 heavy (non-hydrogen) atoms. The normalized spacial score (nSPS) is 30.7. The molecule has 1 aliphatic heterocycles. The van der Waals surface area contributed by atoms with Gasteiger partial charge in [-0.05, 0) is 33.1 Å². The lowest BCUT2D eigenvalue weighted by molar-refractivity contribution is -0.123. The van der Waals surface area contributed by atoms with Crippen molar-refractivity contribution in [3.63, 3.8) is 0 Å². The van der Waals surface area contributed by atoms with Crippen LogP contribution in [-0.2, 0) is 18.4 Å². The number of nitrogens with one attached hydrogen (secondary N) is 2. The molecule has 0 aromatic rings. The monoisotopic (exact) mass is 290 g/mol. The molecule has 1 saturated heterocycles. The molecule has 1 aliphatic carbocycles. The van der Waals surface area contributed by atoms with Crippen LogP contribution < -0.4 is 10.6 Å². The molecule has 3 amide bonds. The molecule has 0 aromatic heterocycles. The predicted molar refractivity (Wildman–Crippen MR) is 67.9 cm³/mol. The van der Waals surface area contributed by atoms with Crippen LogP contribution in [0.5, 0.6) is 0 Å². The lowest BCUT2D eigenvalue weighted by Crippen LogP contribution is -2.44. The fraction of sp³-hybridized carbons (Fsp3) is 0.818. The van der Waals surface area contributed by atoms with Gasteiger partial charge in [-0.1, -0.05) is 0 Å². The molecule has 0 bridgehead atoms. The minimum atomic E-state index is -3.22. The average molecular weight is 290 g/mol. The van der Waals surface area contributed by atoms with Gasteiger partial charge in [0.05, 0.1) is 18.9 Å². The number of hydrogen-bond acceptors (Lipinski definition) is 5. The van der Waals surface area contributed by atoms with Crippen LogP contribution >= 0.6 is 7.60 Å². The zero-order chi connectivity index (χ0) is 14.1. The highest BCUT2D eigenvalue weighted by atomic mass is 31.2. The molecular formula is C11H19N2O5P. The molecule has 7 nitrogen and oxygen atoms in total. The van der Waals surface area contributed by atoms with E-state index in [1.54, 1.807) is 13.8 Å². The Labute approximate surface area is 111 Å². The topological polar surface area (TPSA) is 93.7 Å². The Morgan fingerprint density at radius 1 is 1.32 bits per heavy atom. The van der Waals surface area contributed by atoms with Crippen LogP contribution in [0.25, 0.3) is 0 Å². The second-order valence-corrected chi connectivity index (χ2v) is 7.09. The molecule has 2 rings (SSSR count). The van der Waals surface area contributed by atoms with E-state index in [1.165, 1.54) is 0 Å². The first-order chi connectivity index (χ1) is 8.96. The largest absolute Gasteiger partial charge is 0.333 e. The van der Waals surface area contributed by atoms with Crippen molar-refractivity contribution in [2.45, 2.75) is 44.3 Å². The van der Waals surface area contributed by atoms with E-state index in [4.69, 9.17) is 9.05 Å². The number of rotatable bonds is 5. The number of carbonyl (C=O) groups is 2. The standard InChI is InChI=1S/C11H19N2O5P/c1-3-17-19(16,18-4-2)8-5-6-11(7-8)9(14)12-10(15)13-11/h8H,3-7H2,1-2H3,(H2,12,13,14,15). The molecule has 2 unspecified atom stereocenters. The summed E-state index contributed by atoms with van der Waals surface area (Å²) in [7, 11) is -3.22. The van der Waals surface area contributed by atoms with E-state index < -0.39 is 19.2 Å². The predicted octanol–water partition coefficient (Wildman–Crippen LogP) is 1.38. The number of carbonyl (C=O) groups excluding carboxylic acids is 2. The van der Waals surface area contributed by atoms with E-state index in [0.29, 0.717) is 32.5 Å². The Kier molecular flexibility index (Phi) is 3.99. The zero-order valence-corrected chi connectivity index (χ0v) is 12.0. The quantitative estimate of drug-likeness (QED) is 0.589. The van der Waals surface area contributed by atoms with Crippen molar-refractivity contribution in [2.75, 3.05) is 13.2 Å². The summed E-state index contributed by atoms with van der Waals surface area (Å²) in [6.07, 6.45) is 1.28. The van der Waals surface area contributed by atoms with E-state index in [-0.39, 0.29) is 11.6 Å². The van der Waals surface area contributed by atoms with Gasteiger partial charge in [-0.15, -0.1) is 0 Å². The Hall–Kier alpha value is -0.910. The Balaban J connectivity index is 2.14. The molecular weight excluding hydrogens is 271 g/mol. The minimum Gasteiger partial charge on any atom is -0.323 e. The lowest BCUT2D eigenvalue weighted by Gasteiger charge is -2.24. The first kappa shape index (κ1) is 14.5. The summed E-state index contributed by atoms with van der Waals surface area (Å²) in [5.41, 5.74) is -1.29. The van der Waals surface area contributed by atoms with Crippen molar-refractivity contribution in [3.8, 4) is 0 Å². The number of hydrogen-bond donors (Lipinski definition) is 2. The van der Waals surface area contributed by atoms with Gasteiger partial charge in [0.1, 0.15) is 5.54 Å². The third-order valence-electron chi connectivity index (χ3n) is 3.57. The maximum absolute atomic E-state index is 12.7. The van der Waals surface area contributed by atoms with Crippen LogP contribution in [-0.4, -0.2) is 36.3 Å². The van der Waals surface area contributed by atoms with Crippen LogP contribution in [0, 0.1) is 0 Å². The maximum Gasteiger partial charge on any atom is 0.333 e. The summed E-state index contributed by atoms with van der Waals surface area (Å²) in [6.45, 7) is 4.08. The van der Waals surface area contributed by atoms with Gasteiger partial charge in [0.2, 0.25) is 0 Å². The lowest BCUT2D eigenvalue weighted by atomic mass is 9.99. The highest BCUT2D eigenvalue weighted by molar-refractivity contribution is 7.54. The Morgan fingerprint density at radius 3 is 2.42 bits per heavy atom. The second-order valence-electron chi connectivity index (χ2n) is 4.76. The third-order valence-corrected chi connectivity index (χ3v) is 6.14. The Bertz CT molecular complexity index is 431. The molecule has 2 N–H and O–H groups in total. The van der Waals surface area contributed by atoms with Gasteiger partial charge in [-0.3, -0.25) is 14.7 Å². The molecule has 0 radical (unpaired) electrons. The average Bonchev–Trinajstić information content (AvgIpc) is 2.86. The van der Waals surface area contributed by atoms with Gasteiger partial charge in [0.25, 0.3) is 5.91 Å². The smallest absolute Gasteiger partial charge is 0.323 e. The van der Waals surface area contributed by atoms with E-state index in [1.807, 2.05) is 0 Å². The molecule has 1 saturated carbocycles. The summed E-state index contributed by atoms with van der Waals surface area (Å²) < 4.78 is 23.3. The van der Waals surface area contributed by atoms with Crippen molar-refractivity contribution in [3.05, 3.63) is 0 Å². The fourth-order valence-electron chi connectivity index (χ4n) is 2.75. The summed E-state index contributed by atoms with van der Waals surface area (Å²) in [5.74, 6) is -0.348. The summed E-state index contributed by atoms with van der Waals surface area (Å²) >= 11 is 0. The summed E-state index contributed by atoms with van der Waals surface area (Å²) in [5, 5.41) is 4.86. The molecule has 2 fully saturated rings. The Morgan fingerprint density at radius 2 is 1.95 bits per heavy atom.